The molecule has 0 radical (unpaired) electrons. The third-order valence-corrected chi connectivity index (χ3v) is 11.4. The van der Waals surface area contributed by atoms with Gasteiger partial charge in [-0.2, -0.15) is 0 Å². The smallest absolute Gasteiger partial charge is 0.407 e. The van der Waals surface area contributed by atoms with Crippen LogP contribution in [0.5, 0.6) is 0 Å². The van der Waals surface area contributed by atoms with Crippen molar-refractivity contribution in [2.45, 2.75) is 76.3 Å². The summed E-state index contributed by atoms with van der Waals surface area (Å²) in [5.41, 5.74) is 5.49. The Bertz CT molecular complexity index is 2240. The molecule has 63 heavy (non-hydrogen) atoms. The lowest BCUT2D eigenvalue weighted by Gasteiger charge is -2.34. The van der Waals surface area contributed by atoms with Gasteiger partial charge in [0, 0.05) is 68.6 Å². The number of fused-ring (bicyclic) bond motifs is 2. The number of aromatic nitrogens is 5. The molecule has 2 atom stereocenters. The van der Waals surface area contributed by atoms with E-state index in [1.807, 2.05) is 29.4 Å². The molecule has 0 saturated carbocycles. The molecule has 17 nitrogen and oxygen atoms in total. The van der Waals surface area contributed by atoms with Gasteiger partial charge in [-0.15, -0.1) is 0 Å². The number of pyridine rings is 1. The lowest BCUT2D eigenvalue weighted by atomic mass is 9.90. The molecule has 5 N–H and O–H groups in total. The Morgan fingerprint density at radius 2 is 1.67 bits per heavy atom. The van der Waals surface area contributed by atoms with Crippen LogP contribution in [0.4, 0.5) is 4.79 Å². The second kappa shape index (κ2) is 24.1. The van der Waals surface area contributed by atoms with E-state index in [0.29, 0.717) is 52.2 Å². The lowest BCUT2D eigenvalue weighted by Crippen LogP contribution is -2.53. The number of imidazole rings is 2. The summed E-state index contributed by atoms with van der Waals surface area (Å²) in [5, 5.41) is 10.7. The van der Waals surface area contributed by atoms with Gasteiger partial charge in [-0.05, 0) is 100 Å². The fourth-order valence-electron chi connectivity index (χ4n) is 8.11. The summed E-state index contributed by atoms with van der Waals surface area (Å²) in [6.07, 6.45) is 12.7. The number of unbranched alkanes of at least 4 members (excludes halogenated alkanes) is 1. The largest absolute Gasteiger partial charge is 0.471 e. The van der Waals surface area contributed by atoms with Crippen molar-refractivity contribution in [3.05, 3.63) is 66.5 Å². The molecule has 0 spiro atoms. The zero-order valence-electron chi connectivity index (χ0n) is 36.6. The van der Waals surface area contributed by atoms with Crippen LogP contribution in [0.25, 0.3) is 44.3 Å². The maximum atomic E-state index is 14.0. The average Bonchev–Trinajstić information content (AvgIpc) is 4.12. The number of H-pyrrole nitrogens is 2. The van der Waals surface area contributed by atoms with E-state index in [1.165, 1.54) is 33.5 Å². The van der Waals surface area contributed by atoms with Crippen molar-refractivity contribution < 1.29 is 38.1 Å². The van der Waals surface area contributed by atoms with E-state index in [1.54, 1.807) is 7.05 Å². The minimum Gasteiger partial charge on any atom is -0.471 e. The zero-order valence-corrected chi connectivity index (χ0v) is 36.6. The second-order valence-electron chi connectivity index (χ2n) is 15.8. The number of methoxy groups -OCH3 is 2. The predicted molar refractivity (Wildman–Crippen MR) is 239 cm³/mol. The average molecular weight is 868 g/mol. The van der Waals surface area contributed by atoms with Gasteiger partial charge in [0.15, 0.2) is 0 Å². The third kappa shape index (κ3) is 13.1. The number of nitrogens with zero attached hydrogens (tertiary/aromatic N) is 4. The second-order valence-corrected chi connectivity index (χ2v) is 15.8. The Morgan fingerprint density at radius 3 is 2.38 bits per heavy atom. The van der Waals surface area contributed by atoms with Gasteiger partial charge in [0.2, 0.25) is 11.8 Å². The van der Waals surface area contributed by atoms with Gasteiger partial charge in [0.1, 0.15) is 17.7 Å². The third-order valence-electron chi connectivity index (χ3n) is 11.4. The van der Waals surface area contributed by atoms with Crippen molar-refractivity contribution in [1.29, 1.82) is 0 Å². The van der Waals surface area contributed by atoms with Crippen molar-refractivity contribution in [3.8, 4) is 22.5 Å². The van der Waals surface area contributed by atoms with Crippen LogP contribution >= 0.6 is 0 Å². The Kier molecular flexibility index (Phi) is 17.8. The number of carbonyl (C=O) groups is 4. The van der Waals surface area contributed by atoms with Gasteiger partial charge >= 0.3 is 6.09 Å². The first-order valence-electron chi connectivity index (χ1n) is 21.9. The van der Waals surface area contributed by atoms with Crippen molar-refractivity contribution in [3.63, 3.8) is 0 Å². The van der Waals surface area contributed by atoms with Gasteiger partial charge in [0.05, 0.1) is 55.4 Å². The molecule has 338 valence electrons. The highest BCUT2D eigenvalue weighted by atomic mass is 16.5. The Morgan fingerprint density at radius 1 is 0.889 bits per heavy atom. The van der Waals surface area contributed by atoms with Crippen molar-refractivity contribution in [2.75, 3.05) is 67.3 Å². The van der Waals surface area contributed by atoms with Gasteiger partial charge < -0.3 is 49.8 Å². The number of benzene rings is 2. The molecule has 3 amide bonds. The van der Waals surface area contributed by atoms with Crippen LogP contribution in [0.3, 0.4) is 0 Å². The highest BCUT2D eigenvalue weighted by Crippen LogP contribution is 2.35. The fourth-order valence-corrected chi connectivity index (χ4v) is 8.11. The van der Waals surface area contributed by atoms with Crippen LogP contribution in [0.2, 0.25) is 0 Å². The van der Waals surface area contributed by atoms with E-state index in [4.69, 9.17) is 29.0 Å². The predicted octanol–water partition coefficient (Wildman–Crippen LogP) is 5.62. The minimum absolute atomic E-state index is 0.00814. The summed E-state index contributed by atoms with van der Waals surface area (Å²) in [6, 6.07) is 13.6. The Labute approximate surface area is 367 Å². The molecule has 6 heterocycles. The summed E-state index contributed by atoms with van der Waals surface area (Å²) in [4.78, 5) is 69.9. The van der Waals surface area contributed by atoms with E-state index in [2.05, 4.69) is 66.0 Å². The van der Waals surface area contributed by atoms with Crippen LogP contribution in [-0.4, -0.2) is 128 Å². The van der Waals surface area contributed by atoms with Gasteiger partial charge in [-0.25, -0.2) is 14.8 Å². The van der Waals surface area contributed by atoms with E-state index < -0.39 is 12.1 Å². The summed E-state index contributed by atoms with van der Waals surface area (Å²) < 4.78 is 19.3. The number of hydrogen-bond donors (Lipinski definition) is 5. The fraction of sp³-hybridized carbons (Fsp3) is 0.500. The van der Waals surface area contributed by atoms with Gasteiger partial charge in [-0.1, -0.05) is 18.2 Å². The maximum Gasteiger partial charge on any atom is 0.407 e. The zero-order chi connectivity index (χ0) is 44.4. The molecule has 8 rings (SSSR count). The van der Waals surface area contributed by atoms with Crippen molar-refractivity contribution >= 4 is 46.2 Å². The van der Waals surface area contributed by atoms with Crippen LogP contribution < -0.4 is 16.0 Å². The van der Waals surface area contributed by atoms with E-state index in [9.17, 15) is 14.4 Å². The van der Waals surface area contributed by atoms with Crippen LogP contribution in [-0.2, 0) is 39.8 Å². The number of amides is 3. The SMILES string of the molecule is C1CCOCC1.CNCC(=O)NCCCCc1ncc(-c2ccc3cc(-c4ccc5nc(C6CCCN6C(=O)C(NC(=O)OC)C6CCOCC6)[nH]c5c4)ncc3c2)[nH]1.COC=O. The number of likely N-dealkylation sites (N-methyl/N-ethyl adjacent to an activating group) is 1. The normalized spacial score (nSPS) is 16.9. The van der Waals surface area contributed by atoms with Gasteiger partial charge in [-0.3, -0.25) is 19.4 Å². The molecular formula is C46H61N9O8. The monoisotopic (exact) mass is 867 g/mol. The molecule has 2 aromatic carbocycles. The number of ether oxygens (including phenoxy) is 4. The molecule has 2 unspecified atom stereocenters. The molecule has 3 aliphatic heterocycles. The first-order chi connectivity index (χ1) is 30.8. The number of aryl methyl sites for hydroxylation is 1. The highest BCUT2D eigenvalue weighted by Gasteiger charge is 2.40. The quantitative estimate of drug-likeness (QED) is 0.0680. The molecule has 0 aliphatic carbocycles. The summed E-state index contributed by atoms with van der Waals surface area (Å²) >= 11 is 0. The highest BCUT2D eigenvalue weighted by molar-refractivity contribution is 5.90. The molecule has 17 heteroatoms. The molecule has 0 bridgehead atoms. The number of likely N-dealkylation sites (tertiary alicyclic amines) is 1. The van der Waals surface area contributed by atoms with Crippen LogP contribution in [0, 0.1) is 5.92 Å². The standard InChI is InChI=1S/C39H47N9O5.C5H10O.C2H4O2/c1-40-23-35(49)41-14-4-3-7-34-43-22-32(44-34)26-9-8-25-19-30(42-21-28(25)18-26)27-10-11-29-31(20-27)46-37(45-29)33-6-5-15-48(33)38(50)36(47-39(51)52-2)24-12-16-53-17-13-24;1-2-4-6-5-3-1;1-4-2-3/h8-11,18-22,24,33,36,40H,3-7,12-17,23H2,1-2H3,(H,41,49)(H,43,44)(H,45,46)(H,47,51);1-5H2;2H,1H3. The summed E-state index contributed by atoms with van der Waals surface area (Å²) in [5.74, 6) is 1.54. The minimum atomic E-state index is -0.680. The first-order valence-corrected chi connectivity index (χ1v) is 21.9. The number of rotatable bonds is 14. The maximum absolute atomic E-state index is 14.0. The Balaban J connectivity index is 0.000000588. The number of carbonyl (C=O) groups excluding carboxylic acids is 4. The van der Waals surface area contributed by atoms with Crippen LogP contribution in [0.1, 0.15) is 75.5 Å². The number of hydrogen-bond acceptors (Lipinski definition) is 12. The molecule has 3 saturated heterocycles. The van der Waals surface area contributed by atoms with Crippen LogP contribution in [0.15, 0.2) is 54.9 Å². The molecule has 3 aromatic heterocycles. The molecular weight excluding hydrogens is 807 g/mol. The van der Waals surface area contributed by atoms with Crippen molar-refractivity contribution in [1.82, 2.24) is 45.8 Å². The topological polar surface area (TPSA) is 215 Å². The van der Waals surface area contributed by atoms with Crippen molar-refractivity contribution in [2.24, 2.45) is 5.92 Å². The van der Waals surface area contributed by atoms with E-state index in [-0.39, 0.29) is 23.8 Å². The first kappa shape index (κ1) is 46.6. The molecule has 3 fully saturated rings. The number of aromatic amines is 2. The van der Waals surface area contributed by atoms with E-state index in [0.717, 1.165) is 101 Å². The summed E-state index contributed by atoms with van der Waals surface area (Å²) in [7, 11) is 4.38. The molecule has 5 aromatic rings. The summed E-state index contributed by atoms with van der Waals surface area (Å²) in [6.45, 7) is 5.08. The number of alkyl carbamates (subject to hydrolysis) is 1. The Hall–Kier alpha value is -5.91. The molecule has 3 aliphatic rings. The van der Waals surface area contributed by atoms with E-state index >= 15 is 0 Å². The number of nitrogens with one attached hydrogen (secondary N) is 5. The lowest BCUT2D eigenvalue weighted by molar-refractivity contribution is -0.136. The van der Waals surface area contributed by atoms with Gasteiger partial charge in [0.25, 0.3) is 6.47 Å².